The lowest BCUT2D eigenvalue weighted by molar-refractivity contribution is -0.119. The molecule has 0 aliphatic heterocycles. The van der Waals surface area contributed by atoms with E-state index in [1.807, 2.05) is 31.2 Å². The number of nitrogens with one attached hydrogen (secondary N) is 2. The molecule has 0 bridgehead atoms. The lowest BCUT2D eigenvalue weighted by atomic mass is 9.74. The molecule has 2 N–H and O–H groups in total. The fourth-order valence-corrected chi connectivity index (χ4v) is 2.69. The molecule has 0 saturated heterocycles. The van der Waals surface area contributed by atoms with Gasteiger partial charge in [0.15, 0.2) is 0 Å². The van der Waals surface area contributed by atoms with Gasteiger partial charge in [-0.25, -0.2) is 5.43 Å². The molecular weight excluding hydrogens is 250 g/mol. The van der Waals surface area contributed by atoms with Crippen LogP contribution in [0.1, 0.15) is 18.4 Å². The van der Waals surface area contributed by atoms with Crippen molar-refractivity contribution in [1.29, 1.82) is 0 Å². The number of rotatable bonds is 4. The molecule has 1 fully saturated rings. The molecule has 1 aromatic rings. The van der Waals surface area contributed by atoms with Gasteiger partial charge in [0.25, 0.3) is 5.91 Å². The summed E-state index contributed by atoms with van der Waals surface area (Å²) in [6.45, 7) is 2.28. The van der Waals surface area contributed by atoms with Crippen molar-refractivity contribution in [2.24, 2.45) is 16.9 Å². The van der Waals surface area contributed by atoms with Crippen molar-refractivity contribution >= 4 is 17.3 Å². The Bertz CT molecular complexity index is 560. The Hall–Kier alpha value is -2.10. The minimum absolute atomic E-state index is 0.104. The number of carbonyl (C=O) groups excluding carboxylic acids is 1. The Kier molecular flexibility index (Phi) is 3.54. The molecule has 20 heavy (non-hydrogen) atoms. The summed E-state index contributed by atoms with van der Waals surface area (Å²) in [4.78, 5) is 11.7. The van der Waals surface area contributed by atoms with Crippen molar-refractivity contribution in [3.63, 3.8) is 0 Å². The number of aryl methyl sites for hydroxylation is 1. The number of carbonyl (C=O) groups is 1. The Morgan fingerprint density at radius 3 is 2.90 bits per heavy atom. The monoisotopic (exact) mass is 269 g/mol. The first kappa shape index (κ1) is 12.9. The average Bonchev–Trinajstić information content (AvgIpc) is 2.80. The zero-order valence-corrected chi connectivity index (χ0v) is 11.6. The standard InChI is InChI=1S/C16H19N3O/c1-11-5-7-13(8-6-11)17-10-16(20)19-18-15-9-12-3-2-4-14(12)15/h2-3,5-8,12,14,17H,4,9-10H2,1H3,(H,19,20)/b18-15-/t12-,14+/m1/s1. The third-order valence-electron chi connectivity index (χ3n) is 3.99. The zero-order valence-electron chi connectivity index (χ0n) is 11.6. The normalized spacial score (nSPS) is 25.1. The Balaban J connectivity index is 1.44. The highest BCUT2D eigenvalue weighted by Crippen LogP contribution is 2.39. The van der Waals surface area contributed by atoms with Gasteiger partial charge in [0, 0.05) is 17.3 Å². The molecule has 0 unspecified atom stereocenters. The van der Waals surface area contributed by atoms with Crippen LogP contribution >= 0.6 is 0 Å². The van der Waals surface area contributed by atoms with Crippen molar-refractivity contribution in [2.75, 3.05) is 11.9 Å². The van der Waals surface area contributed by atoms with Gasteiger partial charge in [-0.05, 0) is 37.8 Å². The molecule has 0 heterocycles. The minimum Gasteiger partial charge on any atom is -0.376 e. The zero-order chi connectivity index (χ0) is 13.9. The number of anilines is 1. The Morgan fingerprint density at radius 2 is 2.15 bits per heavy atom. The molecule has 0 radical (unpaired) electrons. The molecule has 1 saturated carbocycles. The lowest BCUT2D eigenvalue weighted by Crippen LogP contribution is -2.36. The molecule has 2 aliphatic carbocycles. The van der Waals surface area contributed by atoms with E-state index >= 15 is 0 Å². The van der Waals surface area contributed by atoms with E-state index < -0.39 is 0 Å². The lowest BCUT2D eigenvalue weighted by Gasteiger charge is -2.31. The second kappa shape index (κ2) is 5.49. The Labute approximate surface area is 119 Å². The smallest absolute Gasteiger partial charge is 0.259 e. The summed E-state index contributed by atoms with van der Waals surface area (Å²) in [5.74, 6) is 1.10. The average molecular weight is 269 g/mol. The van der Waals surface area contributed by atoms with Gasteiger partial charge < -0.3 is 5.32 Å². The number of hydrazone groups is 1. The molecule has 0 spiro atoms. The molecule has 2 atom stereocenters. The summed E-state index contributed by atoms with van der Waals surface area (Å²) in [6, 6.07) is 7.97. The van der Waals surface area contributed by atoms with Crippen LogP contribution in [0.3, 0.4) is 0 Å². The van der Waals surface area contributed by atoms with E-state index in [1.165, 1.54) is 5.56 Å². The van der Waals surface area contributed by atoms with Gasteiger partial charge in [0.2, 0.25) is 0 Å². The van der Waals surface area contributed by atoms with Crippen LogP contribution in [-0.4, -0.2) is 18.2 Å². The number of hydrogen-bond acceptors (Lipinski definition) is 3. The van der Waals surface area contributed by atoms with Gasteiger partial charge >= 0.3 is 0 Å². The van der Waals surface area contributed by atoms with E-state index in [4.69, 9.17) is 0 Å². The molecule has 4 heteroatoms. The van der Waals surface area contributed by atoms with E-state index in [9.17, 15) is 4.79 Å². The number of amides is 1. The van der Waals surface area contributed by atoms with Crippen molar-refractivity contribution in [2.45, 2.75) is 19.8 Å². The minimum atomic E-state index is -0.104. The third-order valence-corrected chi connectivity index (χ3v) is 3.99. The fraction of sp³-hybridized carbons (Fsp3) is 0.375. The van der Waals surface area contributed by atoms with Crippen LogP contribution in [0.5, 0.6) is 0 Å². The van der Waals surface area contributed by atoms with Gasteiger partial charge in [-0.2, -0.15) is 5.10 Å². The van der Waals surface area contributed by atoms with Crippen molar-refractivity contribution < 1.29 is 4.79 Å². The van der Waals surface area contributed by atoms with Gasteiger partial charge in [0.05, 0.1) is 6.54 Å². The highest BCUT2D eigenvalue weighted by Gasteiger charge is 2.37. The largest absolute Gasteiger partial charge is 0.376 e. The molecule has 1 amide bonds. The molecular formula is C16H19N3O. The van der Waals surface area contributed by atoms with Crippen LogP contribution in [0.2, 0.25) is 0 Å². The first-order valence-corrected chi connectivity index (χ1v) is 7.05. The number of allylic oxidation sites excluding steroid dienone is 2. The SMILES string of the molecule is Cc1ccc(NCC(=O)N/N=C2/C[C@H]3C=CC[C@H]23)cc1. The van der Waals surface area contributed by atoms with E-state index in [1.54, 1.807) is 0 Å². The maximum atomic E-state index is 11.7. The highest BCUT2D eigenvalue weighted by atomic mass is 16.2. The third kappa shape index (κ3) is 2.74. The van der Waals surface area contributed by atoms with Crippen molar-refractivity contribution in [3.05, 3.63) is 42.0 Å². The predicted octanol–water partition coefficient (Wildman–Crippen LogP) is 2.48. The number of benzene rings is 1. The molecule has 2 aliphatic rings. The summed E-state index contributed by atoms with van der Waals surface area (Å²) >= 11 is 0. The van der Waals surface area contributed by atoms with E-state index in [-0.39, 0.29) is 12.5 Å². The summed E-state index contributed by atoms with van der Waals surface area (Å²) in [5, 5.41) is 7.32. The molecule has 1 aromatic carbocycles. The van der Waals surface area contributed by atoms with Crippen molar-refractivity contribution in [3.8, 4) is 0 Å². The maximum absolute atomic E-state index is 11.7. The number of fused-ring (bicyclic) bond motifs is 1. The van der Waals surface area contributed by atoms with Crippen molar-refractivity contribution in [1.82, 2.24) is 5.43 Å². The van der Waals surface area contributed by atoms with E-state index in [2.05, 4.69) is 28.0 Å². The molecule has 4 nitrogen and oxygen atoms in total. The fourth-order valence-electron chi connectivity index (χ4n) is 2.69. The van der Waals surface area contributed by atoms with Gasteiger partial charge in [-0.15, -0.1) is 0 Å². The summed E-state index contributed by atoms with van der Waals surface area (Å²) in [5.41, 5.74) is 5.92. The van der Waals surface area contributed by atoms with Crippen LogP contribution in [0.15, 0.2) is 41.5 Å². The first-order valence-electron chi connectivity index (χ1n) is 7.05. The Morgan fingerprint density at radius 1 is 1.35 bits per heavy atom. The van der Waals surface area contributed by atoms with Gasteiger partial charge in [-0.1, -0.05) is 29.8 Å². The topological polar surface area (TPSA) is 53.5 Å². The van der Waals surface area contributed by atoms with Gasteiger partial charge in [0.1, 0.15) is 0 Å². The first-order chi connectivity index (χ1) is 9.72. The summed E-state index contributed by atoms with van der Waals surface area (Å²) in [6.07, 6.45) is 6.52. The van der Waals surface area contributed by atoms with Crippen LogP contribution in [0.4, 0.5) is 5.69 Å². The van der Waals surface area contributed by atoms with Crippen LogP contribution in [-0.2, 0) is 4.79 Å². The van der Waals surface area contributed by atoms with E-state index in [0.717, 1.165) is 24.2 Å². The second-order valence-corrected chi connectivity index (χ2v) is 5.50. The van der Waals surface area contributed by atoms with Crippen LogP contribution < -0.4 is 10.7 Å². The second-order valence-electron chi connectivity index (χ2n) is 5.50. The summed E-state index contributed by atoms with van der Waals surface area (Å²) < 4.78 is 0. The number of hydrogen-bond donors (Lipinski definition) is 2. The quantitative estimate of drug-likeness (QED) is 0.651. The van der Waals surface area contributed by atoms with Crippen LogP contribution in [0.25, 0.3) is 0 Å². The predicted molar refractivity (Wildman–Crippen MR) is 80.6 cm³/mol. The number of nitrogens with zero attached hydrogens (tertiary/aromatic N) is 1. The molecule has 3 rings (SSSR count). The highest BCUT2D eigenvalue weighted by molar-refractivity contribution is 5.95. The molecule has 0 aromatic heterocycles. The van der Waals surface area contributed by atoms with E-state index in [0.29, 0.717) is 11.8 Å². The maximum Gasteiger partial charge on any atom is 0.259 e. The van der Waals surface area contributed by atoms with Gasteiger partial charge in [-0.3, -0.25) is 4.79 Å². The summed E-state index contributed by atoms with van der Waals surface area (Å²) in [7, 11) is 0. The van der Waals surface area contributed by atoms with Crippen LogP contribution in [0, 0.1) is 18.8 Å². The molecule has 104 valence electrons.